The lowest BCUT2D eigenvalue weighted by Gasteiger charge is -2.22. The van der Waals surface area contributed by atoms with Crippen LogP contribution in [-0.4, -0.2) is 48.8 Å². The van der Waals surface area contributed by atoms with Crippen LogP contribution in [0.15, 0.2) is 29.2 Å². The first-order valence-corrected chi connectivity index (χ1v) is 8.25. The molecule has 2 atom stereocenters. The van der Waals surface area contributed by atoms with E-state index in [1.165, 1.54) is 11.8 Å². The number of carbonyl (C=O) groups is 2. The Balaban J connectivity index is 2.09. The largest absolute Gasteiger partial charge is 0.381 e. The first-order valence-electron chi connectivity index (χ1n) is 7.37. The normalized spacial score (nSPS) is 18.9. The molecule has 1 fully saturated rings. The average Bonchev–Trinajstić information content (AvgIpc) is 2.99. The second kappa shape index (κ2) is 7.65. The Morgan fingerprint density at radius 3 is 2.82 bits per heavy atom. The van der Waals surface area contributed by atoms with Crippen LogP contribution in [-0.2, 0) is 9.53 Å². The van der Waals surface area contributed by atoms with Gasteiger partial charge in [0.1, 0.15) is 0 Å². The monoisotopic (exact) mass is 322 g/mol. The van der Waals surface area contributed by atoms with Crippen LogP contribution in [0.25, 0.3) is 0 Å². The number of primary amides is 1. The third-order valence-corrected chi connectivity index (χ3v) is 4.92. The van der Waals surface area contributed by atoms with E-state index < -0.39 is 0 Å². The van der Waals surface area contributed by atoms with E-state index in [0.29, 0.717) is 24.6 Å². The van der Waals surface area contributed by atoms with Crippen molar-refractivity contribution in [3.8, 4) is 0 Å². The number of nitrogens with two attached hydrogens (primary N) is 1. The summed E-state index contributed by atoms with van der Waals surface area (Å²) in [5.74, 6) is -0.0197. The van der Waals surface area contributed by atoms with Crippen LogP contribution >= 0.6 is 11.8 Å². The molecule has 2 N–H and O–H groups in total. The predicted octanol–water partition coefficient (Wildman–Crippen LogP) is 1.76. The second-order valence-corrected chi connectivity index (χ2v) is 6.96. The number of amides is 2. The first-order chi connectivity index (χ1) is 10.5. The van der Waals surface area contributed by atoms with E-state index in [4.69, 9.17) is 10.5 Å². The van der Waals surface area contributed by atoms with Gasteiger partial charge in [0.15, 0.2) is 0 Å². The molecule has 0 bridgehead atoms. The molecule has 1 saturated heterocycles. The fourth-order valence-corrected chi connectivity index (χ4v) is 3.33. The number of thioether (sulfide) groups is 1. The number of hydrogen-bond donors (Lipinski definition) is 1. The van der Waals surface area contributed by atoms with Crippen molar-refractivity contribution in [1.29, 1.82) is 0 Å². The van der Waals surface area contributed by atoms with E-state index in [9.17, 15) is 9.59 Å². The zero-order chi connectivity index (χ0) is 16.1. The van der Waals surface area contributed by atoms with Crippen molar-refractivity contribution in [2.45, 2.75) is 23.5 Å². The fourth-order valence-electron chi connectivity index (χ4n) is 2.40. The molecule has 0 aromatic heterocycles. The SMILES string of the molecule is C[C@@H](Sc1ccccc1C(=O)N(C)C[C@H]1CCOC1)C(N)=O. The molecule has 1 aliphatic heterocycles. The number of benzene rings is 1. The Labute approximate surface area is 135 Å². The Hall–Kier alpha value is -1.53. The topological polar surface area (TPSA) is 72.6 Å². The van der Waals surface area contributed by atoms with E-state index >= 15 is 0 Å². The summed E-state index contributed by atoms with van der Waals surface area (Å²) in [6, 6.07) is 7.33. The highest BCUT2D eigenvalue weighted by Gasteiger charge is 2.23. The molecule has 0 unspecified atom stereocenters. The minimum absolute atomic E-state index is 0.0355. The average molecular weight is 322 g/mol. The summed E-state index contributed by atoms with van der Waals surface area (Å²) in [5, 5.41) is -0.373. The van der Waals surface area contributed by atoms with Gasteiger partial charge < -0.3 is 15.4 Å². The molecule has 6 heteroatoms. The van der Waals surface area contributed by atoms with Crippen LogP contribution < -0.4 is 5.73 Å². The van der Waals surface area contributed by atoms with Gasteiger partial charge in [0.2, 0.25) is 5.91 Å². The fraction of sp³-hybridized carbons (Fsp3) is 0.500. The summed E-state index contributed by atoms with van der Waals surface area (Å²) in [4.78, 5) is 26.4. The zero-order valence-electron chi connectivity index (χ0n) is 13.0. The molecule has 0 spiro atoms. The van der Waals surface area contributed by atoms with Gasteiger partial charge in [-0.05, 0) is 25.5 Å². The lowest BCUT2D eigenvalue weighted by atomic mass is 10.1. The van der Waals surface area contributed by atoms with Crippen molar-refractivity contribution >= 4 is 23.6 Å². The maximum atomic E-state index is 12.7. The molecular formula is C16H22N2O3S. The summed E-state index contributed by atoms with van der Waals surface area (Å²) in [6.45, 7) is 3.92. The van der Waals surface area contributed by atoms with Gasteiger partial charge in [0, 0.05) is 31.0 Å². The molecule has 0 radical (unpaired) electrons. The lowest BCUT2D eigenvalue weighted by molar-refractivity contribution is -0.117. The Kier molecular flexibility index (Phi) is 5.85. The summed E-state index contributed by atoms with van der Waals surface area (Å²) >= 11 is 1.32. The van der Waals surface area contributed by atoms with E-state index in [0.717, 1.165) is 17.9 Å². The summed E-state index contributed by atoms with van der Waals surface area (Å²) in [7, 11) is 1.81. The molecule has 1 aromatic carbocycles. The highest BCUT2D eigenvalue weighted by molar-refractivity contribution is 8.00. The van der Waals surface area contributed by atoms with Crippen LogP contribution in [0, 0.1) is 5.92 Å². The molecule has 1 aliphatic rings. The minimum Gasteiger partial charge on any atom is -0.381 e. The van der Waals surface area contributed by atoms with Gasteiger partial charge in [-0.1, -0.05) is 12.1 Å². The third kappa shape index (κ3) is 4.24. The van der Waals surface area contributed by atoms with E-state index in [2.05, 4.69) is 0 Å². The minimum atomic E-state index is -0.385. The van der Waals surface area contributed by atoms with Gasteiger partial charge >= 0.3 is 0 Å². The summed E-state index contributed by atoms with van der Waals surface area (Å²) < 4.78 is 5.35. The van der Waals surface area contributed by atoms with Crippen molar-refractivity contribution in [1.82, 2.24) is 4.90 Å². The Bertz CT molecular complexity index is 544. The van der Waals surface area contributed by atoms with Crippen LogP contribution in [0.2, 0.25) is 0 Å². The maximum absolute atomic E-state index is 12.7. The van der Waals surface area contributed by atoms with E-state index in [1.54, 1.807) is 24.9 Å². The number of rotatable bonds is 6. The standard InChI is InChI=1S/C16H22N2O3S/c1-11(15(17)19)22-14-6-4-3-5-13(14)16(20)18(2)9-12-7-8-21-10-12/h3-6,11-12H,7-10H2,1-2H3,(H2,17,19)/t11-,12-/m1/s1. The molecule has 1 aromatic rings. The first kappa shape index (κ1) is 16.8. The quantitative estimate of drug-likeness (QED) is 0.810. The van der Waals surface area contributed by atoms with Gasteiger partial charge in [-0.25, -0.2) is 0 Å². The summed E-state index contributed by atoms with van der Waals surface area (Å²) in [6.07, 6.45) is 0.993. The molecule has 120 valence electrons. The number of ether oxygens (including phenoxy) is 1. The summed E-state index contributed by atoms with van der Waals surface area (Å²) in [5.41, 5.74) is 5.92. The van der Waals surface area contributed by atoms with Crippen LogP contribution in [0.1, 0.15) is 23.7 Å². The molecule has 0 saturated carbocycles. The van der Waals surface area contributed by atoms with Crippen molar-refractivity contribution in [3.05, 3.63) is 29.8 Å². The van der Waals surface area contributed by atoms with Gasteiger partial charge in [-0.2, -0.15) is 0 Å². The van der Waals surface area contributed by atoms with Crippen molar-refractivity contribution in [3.63, 3.8) is 0 Å². The molecule has 2 rings (SSSR count). The predicted molar refractivity (Wildman–Crippen MR) is 86.8 cm³/mol. The molecule has 1 heterocycles. The van der Waals surface area contributed by atoms with Crippen molar-refractivity contribution in [2.24, 2.45) is 11.7 Å². The molecule has 0 aliphatic carbocycles. The lowest BCUT2D eigenvalue weighted by Crippen LogP contribution is -2.32. The van der Waals surface area contributed by atoms with Crippen LogP contribution in [0.5, 0.6) is 0 Å². The molecule has 2 amide bonds. The van der Waals surface area contributed by atoms with E-state index in [1.807, 2.05) is 18.2 Å². The van der Waals surface area contributed by atoms with Gasteiger partial charge in [-0.15, -0.1) is 11.8 Å². The Morgan fingerprint density at radius 1 is 1.45 bits per heavy atom. The van der Waals surface area contributed by atoms with Crippen LogP contribution in [0.3, 0.4) is 0 Å². The van der Waals surface area contributed by atoms with Gasteiger partial charge in [0.05, 0.1) is 17.4 Å². The van der Waals surface area contributed by atoms with Crippen LogP contribution in [0.4, 0.5) is 0 Å². The maximum Gasteiger partial charge on any atom is 0.254 e. The molecule has 22 heavy (non-hydrogen) atoms. The number of carbonyl (C=O) groups excluding carboxylic acids is 2. The van der Waals surface area contributed by atoms with Crippen molar-refractivity contribution < 1.29 is 14.3 Å². The third-order valence-electron chi connectivity index (χ3n) is 3.72. The molecular weight excluding hydrogens is 300 g/mol. The second-order valence-electron chi connectivity index (χ2n) is 5.57. The highest BCUT2D eigenvalue weighted by Crippen LogP contribution is 2.27. The van der Waals surface area contributed by atoms with E-state index in [-0.39, 0.29) is 17.1 Å². The van der Waals surface area contributed by atoms with Crippen molar-refractivity contribution in [2.75, 3.05) is 26.8 Å². The molecule has 5 nitrogen and oxygen atoms in total. The van der Waals surface area contributed by atoms with Gasteiger partial charge in [0.25, 0.3) is 5.91 Å². The highest BCUT2D eigenvalue weighted by atomic mass is 32.2. The smallest absolute Gasteiger partial charge is 0.254 e. The zero-order valence-corrected chi connectivity index (χ0v) is 13.8. The number of nitrogens with zero attached hydrogens (tertiary/aromatic N) is 1. The Morgan fingerprint density at radius 2 is 2.18 bits per heavy atom. The number of hydrogen-bond acceptors (Lipinski definition) is 4. The van der Waals surface area contributed by atoms with Gasteiger partial charge in [-0.3, -0.25) is 9.59 Å².